The molecular formula is C68H131NO18. The molecule has 0 aromatic rings. The van der Waals surface area contributed by atoms with Gasteiger partial charge in [-0.25, -0.2) is 0 Å². The van der Waals surface area contributed by atoms with Crippen molar-refractivity contribution in [2.75, 3.05) is 26.4 Å². The summed E-state index contributed by atoms with van der Waals surface area (Å²) in [7, 11) is 0. The van der Waals surface area contributed by atoms with E-state index in [1.165, 1.54) is 218 Å². The standard InChI is InChI=1S/C68H131NO18/c1-3-5-7-9-11-13-15-17-19-21-23-25-27-29-31-33-35-37-39-41-43-45-52(73)51(69-56(74)46-44-42-40-38-36-34-32-30-28-26-24-22-20-18-16-14-12-10-8-6-4-2)50-82-66-62(80)59(77)64(54(48-71)84-66)87-68-63(81)60(78)65(55(49-72)85-68)86-67-61(79)58(76)57(75)53(47-70)83-67/h51-55,57-68,70-73,75-81H,3-50H2,1-2H3,(H,69,74). The molecule has 0 aromatic heterocycles. The van der Waals surface area contributed by atoms with Crippen molar-refractivity contribution in [3.63, 3.8) is 0 Å². The molecule has 19 nitrogen and oxygen atoms in total. The number of rotatable bonds is 56. The minimum Gasteiger partial charge on any atom is -0.394 e. The van der Waals surface area contributed by atoms with E-state index in [4.69, 9.17) is 28.4 Å². The molecule has 87 heavy (non-hydrogen) atoms. The molecule has 0 radical (unpaired) electrons. The highest BCUT2D eigenvalue weighted by Crippen LogP contribution is 2.33. The topological polar surface area (TPSA) is 307 Å². The molecule has 0 aliphatic carbocycles. The van der Waals surface area contributed by atoms with Crippen molar-refractivity contribution in [1.29, 1.82) is 0 Å². The van der Waals surface area contributed by atoms with Gasteiger partial charge < -0.3 is 89.9 Å². The van der Waals surface area contributed by atoms with Gasteiger partial charge in [0, 0.05) is 6.42 Å². The first-order chi connectivity index (χ1) is 42.3. The normalized spacial score (nSPS) is 28.5. The van der Waals surface area contributed by atoms with Crippen molar-refractivity contribution >= 4 is 5.91 Å². The van der Waals surface area contributed by atoms with Gasteiger partial charge in [-0.05, 0) is 12.8 Å². The number of aliphatic hydroxyl groups is 11. The maximum Gasteiger partial charge on any atom is 0.220 e. The lowest BCUT2D eigenvalue weighted by molar-refractivity contribution is -0.379. The predicted molar refractivity (Wildman–Crippen MR) is 337 cm³/mol. The summed E-state index contributed by atoms with van der Waals surface area (Å²) in [6.07, 6.45) is 27.5. The molecule has 19 heteroatoms. The molecule has 3 saturated heterocycles. The van der Waals surface area contributed by atoms with Crippen molar-refractivity contribution < 1.29 is 89.4 Å². The van der Waals surface area contributed by atoms with Gasteiger partial charge in [-0.1, -0.05) is 277 Å². The molecule has 516 valence electrons. The summed E-state index contributed by atoms with van der Waals surface area (Å²) in [5.41, 5.74) is 0. The number of carbonyl (C=O) groups is 1. The second-order valence-electron chi connectivity index (χ2n) is 26.1. The number of aliphatic hydroxyl groups excluding tert-OH is 11. The van der Waals surface area contributed by atoms with E-state index < -0.39 is 124 Å². The van der Waals surface area contributed by atoms with Crippen molar-refractivity contribution in [2.24, 2.45) is 0 Å². The Morgan fingerprint density at radius 3 is 1.00 bits per heavy atom. The second-order valence-corrected chi connectivity index (χ2v) is 26.1. The molecule has 3 aliphatic heterocycles. The number of nitrogens with one attached hydrogen (secondary N) is 1. The minimum absolute atomic E-state index is 0.235. The van der Waals surface area contributed by atoms with E-state index in [1.807, 2.05) is 0 Å². The Balaban J connectivity index is 1.42. The Hall–Kier alpha value is -1.21. The van der Waals surface area contributed by atoms with E-state index in [9.17, 15) is 61.0 Å². The van der Waals surface area contributed by atoms with E-state index in [-0.39, 0.29) is 18.9 Å². The van der Waals surface area contributed by atoms with Gasteiger partial charge in [-0.15, -0.1) is 0 Å². The van der Waals surface area contributed by atoms with E-state index in [2.05, 4.69) is 19.2 Å². The van der Waals surface area contributed by atoms with Crippen LogP contribution in [0.4, 0.5) is 0 Å². The Morgan fingerprint density at radius 1 is 0.368 bits per heavy atom. The first-order valence-electron chi connectivity index (χ1n) is 35.8. The van der Waals surface area contributed by atoms with Crippen LogP contribution >= 0.6 is 0 Å². The van der Waals surface area contributed by atoms with Crippen molar-refractivity contribution in [1.82, 2.24) is 5.32 Å². The molecule has 3 heterocycles. The quantitative estimate of drug-likeness (QED) is 0.0252. The highest BCUT2D eigenvalue weighted by Gasteiger charge is 2.53. The smallest absolute Gasteiger partial charge is 0.220 e. The van der Waals surface area contributed by atoms with Crippen LogP contribution in [-0.4, -0.2) is 193 Å². The van der Waals surface area contributed by atoms with Gasteiger partial charge in [0.05, 0.1) is 38.6 Å². The fraction of sp³-hybridized carbons (Fsp3) is 0.985. The average molecular weight is 1250 g/mol. The Morgan fingerprint density at radius 2 is 0.655 bits per heavy atom. The summed E-state index contributed by atoms with van der Waals surface area (Å²) in [6, 6.07) is -0.882. The largest absolute Gasteiger partial charge is 0.394 e. The van der Waals surface area contributed by atoms with E-state index in [1.54, 1.807) is 0 Å². The van der Waals surface area contributed by atoms with Crippen LogP contribution in [0.1, 0.15) is 296 Å². The Bertz CT molecular complexity index is 1590. The van der Waals surface area contributed by atoms with Gasteiger partial charge >= 0.3 is 0 Å². The minimum atomic E-state index is -1.97. The van der Waals surface area contributed by atoms with Gasteiger partial charge in [-0.3, -0.25) is 4.79 Å². The summed E-state index contributed by atoms with van der Waals surface area (Å²) < 4.78 is 34.4. The zero-order valence-electron chi connectivity index (χ0n) is 54.5. The summed E-state index contributed by atoms with van der Waals surface area (Å²) in [5, 5.41) is 121. The fourth-order valence-electron chi connectivity index (χ4n) is 12.6. The lowest BCUT2D eigenvalue weighted by atomic mass is 9.96. The van der Waals surface area contributed by atoms with Crippen LogP contribution in [0.5, 0.6) is 0 Å². The zero-order valence-corrected chi connectivity index (χ0v) is 54.5. The third-order valence-corrected chi connectivity index (χ3v) is 18.4. The molecule has 3 fully saturated rings. The maximum absolute atomic E-state index is 13.4. The lowest BCUT2D eigenvalue weighted by Gasteiger charge is -2.48. The SMILES string of the molecule is CCCCCCCCCCCCCCCCCCCCCCCC(=O)NC(COC1OC(CO)C(OC2OC(CO)C(OC3OC(CO)C(O)C(O)C3O)C(O)C2O)C(O)C1O)C(O)CCCCCCCCCCCCCCCCCCCCCCC. The molecule has 0 bridgehead atoms. The summed E-state index contributed by atoms with van der Waals surface area (Å²) in [6.45, 7) is 1.85. The molecule has 1 amide bonds. The van der Waals surface area contributed by atoms with Gasteiger partial charge in [0.25, 0.3) is 0 Å². The van der Waals surface area contributed by atoms with Crippen molar-refractivity contribution in [2.45, 2.75) is 401 Å². The highest BCUT2D eigenvalue weighted by atomic mass is 16.8. The van der Waals surface area contributed by atoms with Gasteiger partial charge in [0.15, 0.2) is 18.9 Å². The Kier molecular flexibility index (Phi) is 47.1. The lowest BCUT2D eigenvalue weighted by Crippen LogP contribution is -2.66. The fourth-order valence-corrected chi connectivity index (χ4v) is 12.6. The number of hydrogen-bond donors (Lipinski definition) is 12. The second kappa shape index (κ2) is 51.2. The Labute approximate surface area is 525 Å². The van der Waals surface area contributed by atoms with Crippen LogP contribution in [0.2, 0.25) is 0 Å². The van der Waals surface area contributed by atoms with Crippen LogP contribution in [-0.2, 0) is 33.2 Å². The third-order valence-electron chi connectivity index (χ3n) is 18.4. The number of amides is 1. The van der Waals surface area contributed by atoms with Crippen LogP contribution in [0.15, 0.2) is 0 Å². The number of hydrogen-bond acceptors (Lipinski definition) is 18. The number of ether oxygens (including phenoxy) is 6. The third kappa shape index (κ3) is 33.5. The first kappa shape index (κ1) is 80.0. The molecule has 17 unspecified atom stereocenters. The average Bonchev–Trinajstić information content (AvgIpc) is 2.40. The van der Waals surface area contributed by atoms with Crippen LogP contribution < -0.4 is 5.32 Å². The zero-order chi connectivity index (χ0) is 63.3. The van der Waals surface area contributed by atoms with Crippen LogP contribution in [0.3, 0.4) is 0 Å². The molecule has 3 aliphatic rings. The van der Waals surface area contributed by atoms with Gasteiger partial charge in [0.1, 0.15) is 73.2 Å². The summed E-state index contributed by atoms with van der Waals surface area (Å²) in [5.74, 6) is -0.235. The molecule has 12 N–H and O–H groups in total. The molecule has 0 aromatic carbocycles. The monoisotopic (exact) mass is 1250 g/mol. The summed E-state index contributed by atoms with van der Waals surface area (Å²) >= 11 is 0. The van der Waals surface area contributed by atoms with E-state index in [0.717, 1.165) is 44.9 Å². The molecule has 0 spiro atoms. The first-order valence-corrected chi connectivity index (χ1v) is 35.8. The van der Waals surface area contributed by atoms with E-state index in [0.29, 0.717) is 12.8 Å². The van der Waals surface area contributed by atoms with E-state index >= 15 is 0 Å². The maximum atomic E-state index is 13.4. The molecule has 0 saturated carbocycles. The summed E-state index contributed by atoms with van der Waals surface area (Å²) in [4.78, 5) is 13.4. The van der Waals surface area contributed by atoms with Crippen LogP contribution in [0, 0.1) is 0 Å². The number of carbonyl (C=O) groups excluding carboxylic acids is 1. The van der Waals surface area contributed by atoms with Crippen molar-refractivity contribution in [3.8, 4) is 0 Å². The molecular weight excluding hydrogens is 1120 g/mol. The van der Waals surface area contributed by atoms with Crippen molar-refractivity contribution in [3.05, 3.63) is 0 Å². The van der Waals surface area contributed by atoms with Crippen LogP contribution in [0.25, 0.3) is 0 Å². The van der Waals surface area contributed by atoms with Gasteiger partial charge in [0.2, 0.25) is 5.91 Å². The number of unbranched alkanes of at least 4 members (excludes halogenated alkanes) is 40. The molecule has 3 rings (SSSR count). The van der Waals surface area contributed by atoms with Gasteiger partial charge in [-0.2, -0.15) is 0 Å². The predicted octanol–water partition coefficient (Wildman–Crippen LogP) is 9.50. The molecule has 17 atom stereocenters. The highest BCUT2D eigenvalue weighted by molar-refractivity contribution is 5.76.